The Balaban J connectivity index is 1.84. The molecule has 6 heteroatoms. The minimum Gasteiger partial charge on any atom is -0.497 e. The van der Waals surface area contributed by atoms with Gasteiger partial charge in [-0.1, -0.05) is 6.07 Å². The Morgan fingerprint density at radius 1 is 0.926 bits per heavy atom. The van der Waals surface area contributed by atoms with Gasteiger partial charge in [0.05, 0.1) is 27.9 Å². The molecular weight excluding hydrogens is 346 g/mol. The highest BCUT2D eigenvalue weighted by Crippen LogP contribution is 2.28. The molecule has 144 valence electrons. The van der Waals surface area contributed by atoms with E-state index in [9.17, 15) is 4.79 Å². The first-order chi connectivity index (χ1) is 13.1. The molecule has 1 N–H and O–H groups in total. The van der Waals surface area contributed by atoms with Gasteiger partial charge in [0.2, 0.25) is 5.91 Å². The van der Waals surface area contributed by atoms with Crippen LogP contribution in [0, 0.1) is 0 Å². The van der Waals surface area contributed by atoms with Crippen molar-refractivity contribution in [3.05, 3.63) is 53.6 Å². The van der Waals surface area contributed by atoms with Crippen molar-refractivity contribution in [3.63, 3.8) is 0 Å². The topological polar surface area (TPSA) is 66.0 Å². The van der Waals surface area contributed by atoms with Crippen molar-refractivity contribution in [2.45, 2.75) is 6.92 Å². The van der Waals surface area contributed by atoms with Crippen molar-refractivity contribution in [2.24, 2.45) is 0 Å². The van der Waals surface area contributed by atoms with Crippen molar-refractivity contribution in [1.29, 1.82) is 0 Å². The molecule has 0 aromatic heterocycles. The van der Waals surface area contributed by atoms with E-state index in [-0.39, 0.29) is 5.91 Å². The maximum absolute atomic E-state index is 12.2. The molecule has 2 rings (SSSR count). The van der Waals surface area contributed by atoms with E-state index < -0.39 is 0 Å². The molecule has 0 atom stereocenters. The Hall–Kier alpha value is -3.15. The zero-order valence-electron chi connectivity index (χ0n) is 16.1. The molecule has 0 saturated heterocycles. The van der Waals surface area contributed by atoms with Crippen LogP contribution >= 0.6 is 0 Å². The third-order valence-corrected chi connectivity index (χ3v) is 3.86. The highest BCUT2D eigenvalue weighted by molar-refractivity contribution is 5.97. The molecule has 0 fully saturated rings. The van der Waals surface area contributed by atoms with Crippen molar-refractivity contribution in [1.82, 2.24) is 5.32 Å². The molecule has 0 aliphatic carbocycles. The second-order valence-corrected chi connectivity index (χ2v) is 5.72. The molecule has 0 aliphatic rings. The van der Waals surface area contributed by atoms with Crippen LogP contribution in [0.1, 0.15) is 12.5 Å². The summed E-state index contributed by atoms with van der Waals surface area (Å²) < 4.78 is 21.2. The molecule has 0 radical (unpaired) electrons. The van der Waals surface area contributed by atoms with Crippen LogP contribution in [0.15, 0.2) is 48.0 Å². The van der Waals surface area contributed by atoms with Crippen LogP contribution in [-0.2, 0) is 4.79 Å². The summed E-state index contributed by atoms with van der Waals surface area (Å²) in [6.07, 6.45) is 1.79. The number of hydrogen-bond acceptors (Lipinski definition) is 5. The fourth-order valence-corrected chi connectivity index (χ4v) is 2.40. The van der Waals surface area contributed by atoms with E-state index in [2.05, 4.69) is 5.32 Å². The summed E-state index contributed by atoms with van der Waals surface area (Å²) in [5, 5.41) is 2.83. The summed E-state index contributed by atoms with van der Waals surface area (Å²) in [6, 6.07) is 12.8. The van der Waals surface area contributed by atoms with Crippen LogP contribution in [0.4, 0.5) is 0 Å². The predicted molar refractivity (Wildman–Crippen MR) is 105 cm³/mol. The summed E-state index contributed by atoms with van der Waals surface area (Å²) in [5.74, 6) is 2.61. The molecule has 2 aromatic rings. The van der Waals surface area contributed by atoms with Gasteiger partial charge in [-0.05, 0) is 55.0 Å². The number of carbonyl (C=O) groups is 1. The van der Waals surface area contributed by atoms with Crippen LogP contribution in [0.2, 0.25) is 0 Å². The number of hydrogen-bond donors (Lipinski definition) is 1. The van der Waals surface area contributed by atoms with Crippen LogP contribution in [0.3, 0.4) is 0 Å². The second kappa shape index (κ2) is 10.1. The third kappa shape index (κ3) is 5.95. The van der Waals surface area contributed by atoms with Crippen molar-refractivity contribution in [3.8, 4) is 23.0 Å². The van der Waals surface area contributed by atoms with Gasteiger partial charge in [-0.25, -0.2) is 0 Å². The summed E-state index contributed by atoms with van der Waals surface area (Å²) in [6.45, 7) is 2.54. The predicted octanol–water partition coefficient (Wildman–Crippen LogP) is 3.31. The largest absolute Gasteiger partial charge is 0.497 e. The zero-order valence-corrected chi connectivity index (χ0v) is 16.1. The Kier molecular flexibility index (Phi) is 7.55. The highest BCUT2D eigenvalue weighted by atomic mass is 16.5. The second-order valence-electron chi connectivity index (χ2n) is 5.72. The molecule has 0 heterocycles. The zero-order chi connectivity index (χ0) is 19.6. The minimum atomic E-state index is -0.150. The van der Waals surface area contributed by atoms with Gasteiger partial charge in [-0.3, -0.25) is 4.79 Å². The molecule has 0 bridgehead atoms. The van der Waals surface area contributed by atoms with E-state index in [0.717, 1.165) is 17.1 Å². The van der Waals surface area contributed by atoms with Crippen LogP contribution < -0.4 is 24.3 Å². The molecule has 0 saturated carbocycles. The fourth-order valence-electron chi connectivity index (χ4n) is 2.40. The average molecular weight is 371 g/mol. The number of amides is 1. The SMILES string of the molecule is COc1ccc(OCCNC(=O)/C(C)=C/c2ccc(OC)c(OC)c2)cc1. The van der Waals surface area contributed by atoms with Gasteiger partial charge in [-0.15, -0.1) is 0 Å². The van der Waals surface area contributed by atoms with E-state index in [1.165, 1.54) is 0 Å². The Morgan fingerprint density at radius 3 is 2.22 bits per heavy atom. The molecule has 6 nitrogen and oxygen atoms in total. The normalized spacial score (nSPS) is 10.9. The Labute approximate surface area is 159 Å². The van der Waals surface area contributed by atoms with Crippen molar-refractivity contribution < 1.29 is 23.7 Å². The van der Waals surface area contributed by atoms with Gasteiger partial charge in [-0.2, -0.15) is 0 Å². The summed E-state index contributed by atoms with van der Waals surface area (Å²) in [5.41, 5.74) is 1.45. The molecule has 2 aromatic carbocycles. The monoisotopic (exact) mass is 371 g/mol. The lowest BCUT2D eigenvalue weighted by molar-refractivity contribution is -0.117. The number of carbonyl (C=O) groups excluding carboxylic acids is 1. The Morgan fingerprint density at radius 2 is 1.59 bits per heavy atom. The lowest BCUT2D eigenvalue weighted by Crippen LogP contribution is -2.28. The van der Waals surface area contributed by atoms with Crippen LogP contribution in [-0.4, -0.2) is 40.4 Å². The number of methoxy groups -OCH3 is 3. The van der Waals surface area contributed by atoms with Gasteiger partial charge < -0.3 is 24.3 Å². The summed E-state index contributed by atoms with van der Waals surface area (Å²) in [4.78, 5) is 12.2. The standard InChI is InChI=1S/C21H25NO5/c1-15(13-16-5-10-19(25-3)20(14-16)26-4)21(23)22-11-12-27-18-8-6-17(24-2)7-9-18/h5-10,13-14H,11-12H2,1-4H3,(H,22,23)/b15-13+. The van der Waals surface area contributed by atoms with E-state index in [1.54, 1.807) is 40.4 Å². The average Bonchev–Trinajstić information content (AvgIpc) is 2.71. The summed E-state index contributed by atoms with van der Waals surface area (Å²) >= 11 is 0. The quantitative estimate of drug-likeness (QED) is 0.541. The van der Waals surface area contributed by atoms with Gasteiger partial charge in [0.1, 0.15) is 18.1 Å². The number of rotatable bonds is 9. The smallest absolute Gasteiger partial charge is 0.247 e. The molecular formula is C21H25NO5. The maximum Gasteiger partial charge on any atom is 0.247 e. The lowest BCUT2D eigenvalue weighted by Gasteiger charge is -2.10. The summed E-state index contributed by atoms with van der Waals surface area (Å²) in [7, 11) is 4.77. The van der Waals surface area contributed by atoms with Gasteiger partial charge in [0, 0.05) is 5.57 Å². The highest BCUT2D eigenvalue weighted by Gasteiger charge is 2.07. The van der Waals surface area contributed by atoms with Crippen molar-refractivity contribution in [2.75, 3.05) is 34.5 Å². The first kappa shape index (κ1) is 20.2. The minimum absolute atomic E-state index is 0.150. The first-order valence-electron chi connectivity index (χ1n) is 8.52. The molecule has 0 aliphatic heterocycles. The Bertz CT molecular complexity index is 784. The first-order valence-corrected chi connectivity index (χ1v) is 8.52. The molecule has 1 amide bonds. The van der Waals surface area contributed by atoms with E-state index in [0.29, 0.717) is 30.2 Å². The van der Waals surface area contributed by atoms with Crippen LogP contribution in [0.25, 0.3) is 6.08 Å². The van der Waals surface area contributed by atoms with Gasteiger partial charge in [0.25, 0.3) is 0 Å². The molecule has 27 heavy (non-hydrogen) atoms. The van der Waals surface area contributed by atoms with E-state index >= 15 is 0 Å². The van der Waals surface area contributed by atoms with Gasteiger partial charge in [0.15, 0.2) is 11.5 Å². The van der Waals surface area contributed by atoms with E-state index in [4.69, 9.17) is 18.9 Å². The molecule has 0 unspecified atom stereocenters. The number of benzene rings is 2. The third-order valence-electron chi connectivity index (χ3n) is 3.86. The number of ether oxygens (including phenoxy) is 4. The van der Waals surface area contributed by atoms with Crippen molar-refractivity contribution >= 4 is 12.0 Å². The van der Waals surface area contributed by atoms with E-state index in [1.807, 2.05) is 36.4 Å². The van der Waals surface area contributed by atoms with Gasteiger partial charge >= 0.3 is 0 Å². The molecule has 0 spiro atoms. The fraction of sp³-hybridized carbons (Fsp3) is 0.286. The maximum atomic E-state index is 12.2. The lowest BCUT2D eigenvalue weighted by atomic mass is 10.1. The number of nitrogens with one attached hydrogen (secondary N) is 1. The van der Waals surface area contributed by atoms with Crippen LogP contribution in [0.5, 0.6) is 23.0 Å².